The molecule has 2 N–H and O–H groups in total. The number of hydrogen-bond acceptors (Lipinski definition) is 2. The van der Waals surface area contributed by atoms with Crippen LogP contribution in [0.2, 0.25) is 0 Å². The Balaban J connectivity index is 2.01. The third-order valence-corrected chi connectivity index (χ3v) is 7.16. The lowest BCUT2D eigenvalue weighted by molar-refractivity contribution is -0.116. The second-order valence-corrected chi connectivity index (χ2v) is 7.51. The predicted octanol–water partition coefficient (Wildman–Crippen LogP) is 2.58. The summed E-state index contributed by atoms with van der Waals surface area (Å²) in [4.78, 5) is 0. The minimum atomic E-state index is -0.892. The van der Waals surface area contributed by atoms with E-state index in [9.17, 15) is 10.2 Å². The fourth-order valence-electron chi connectivity index (χ4n) is 5.98. The van der Waals surface area contributed by atoms with Crippen molar-refractivity contribution in [2.75, 3.05) is 6.61 Å². The smallest absolute Gasteiger partial charge is 0.0882 e. The highest BCUT2D eigenvalue weighted by Crippen LogP contribution is 2.75. The summed E-state index contributed by atoms with van der Waals surface area (Å²) in [5.41, 5.74) is -0.223. The maximum atomic E-state index is 10.5. The van der Waals surface area contributed by atoms with Gasteiger partial charge in [0.15, 0.2) is 0 Å². The lowest BCUT2D eigenvalue weighted by Gasteiger charge is -2.51. The van der Waals surface area contributed by atoms with Crippen LogP contribution in [0.5, 0.6) is 0 Å². The molecule has 3 fully saturated rings. The van der Waals surface area contributed by atoms with Gasteiger partial charge in [0.25, 0.3) is 0 Å². The van der Waals surface area contributed by atoms with Gasteiger partial charge in [0.1, 0.15) is 0 Å². The molecule has 0 aromatic rings. The van der Waals surface area contributed by atoms with E-state index in [1.165, 1.54) is 25.7 Å². The summed E-state index contributed by atoms with van der Waals surface area (Å²) in [5.74, 6) is 1.93. The standard InChI is InChI=1S/C15H26O2/c1-13-7-6-12(14(2,17)9-16)15(13,3)11-5-4-10(13)8-11/h10-12,16-17H,4-9H2,1-3H3/t10-,11+,12+,13+,14?,15+/m0/s1. The van der Waals surface area contributed by atoms with Crippen molar-refractivity contribution in [2.24, 2.45) is 28.6 Å². The molecule has 3 aliphatic carbocycles. The Hall–Kier alpha value is -0.0800. The van der Waals surface area contributed by atoms with E-state index in [4.69, 9.17) is 0 Å². The molecule has 0 heterocycles. The van der Waals surface area contributed by atoms with Crippen molar-refractivity contribution in [3.8, 4) is 0 Å². The third-order valence-electron chi connectivity index (χ3n) is 7.16. The molecule has 3 saturated carbocycles. The minimum Gasteiger partial charge on any atom is -0.393 e. The molecule has 98 valence electrons. The first-order valence-electron chi connectivity index (χ1n) is 7.19. The molecule has 17 heavy (non-hydrogen) atoms. The SMILES string of the molecule is CC(O)(CO)[C@H]1CC[C@]2(C)[C@H]3CC[C@H](C3)[C@]12C. The quantitative estimate of drug-likeness (QED) is 0.776. The van der Waals surface area contributed by atoms with Crippen LogP contribution >= 0.6 is 0 Å². The first-order chi connectivity index (χ1) is 7.86. The third kappa shape index (κ3) is 1.19. The van der Waals surface area contributed by atoms with Crippen LogP contribution in [0, 0.1) is 28.6 Å². The Labute approximate surface area is 104 Å². The highest BCUT2D eigenvalue weighted by Gasteiger charge is 2.70. The molecule has 3 aliphatic rings. The maximum Gasteiger partial charge on any atom is 0.0882 e. The van der Waals surface area contributed by atoms with Crippen LogP contribution in [0.4, 0.5) is 0 Å². The fourth-order valence-corrected chi connectivity index (χ4v) is 5.98. The summed E-state index contributed by atoms with van der Waals surface area (Å²) in [7, 11) is 0. The molecule has 6 atom stereocenters. The molecule has 0 spiro atoms. The molecular weight excluding hydrogens is 212 g/mol. The Bertz CT molecular complexity index is 338. The summed E-state index contributed by atoms with van der Waals surface area (Å²) in [6.07, 6.45) is 6.43. The molecule has 2 bridgehead atoms. The second kappa shape index (κ2) is 3.27. The van der Waals surface area contributed by atoms with Gasteiger partial charge in [-0.25, -0.2) is 0 Å². The number of aliphatic hydroxyl groups excluding tert-OH is 1. The van der Waals surface area contributed by atoms with Gasteiger partial charge in [-0.1, -0.05) is 13.8 Å². The minimum absolute atomic E-state index is 0.0965. The van der Waals surface area contributed by atoms with Crippen LogP contribution in [0.15, 0.2) is 0 Å². The second-order valence-electron chi connectivity index (χ2n) is 7.51. The summed E-state index contributed by atoms with van der Waals surface area (Å²) in [5, 5.41) is 20.0. The van der Waals surface area contributed by atoms with E-state index in [1.807, 2.05) is 6.92 Å². The zero-order chi connectivity index (χ0) is 12.5. The number of hydrogen-bond donors (Lipinski definition) is 2. The topological polar surface area (TPSA) is 40.5 Å². The normalized spacial score (nSPS) is 55.9. The van der Waals surface area contributed by atoms with Crippen LogP contribution in [0.3, 0.4) is 0 Å². The van der Waals surface area contributed by atoms with Gasteiger partial charge in [-0.05, 0) is 67.6 Å². The molecule has 0 saturated heterocycles. The van der Waals surface area contributed by atoms with E-state index in [0.717, 1.165) is 18.3 Å². The molecule has 2 nitrogen and oxygen atoms in total. The number of rotatable bonds is 2. The number of fused-ring (bicyclic) bond motifs is 5. The molecule has 2 heteroatoms. The van der Waals surface area contributed by atoms with Gasteiger partial charge in [0.05, 0.1) is 12.2 Å². The first kappa shape index (κ1) is 12.0. The zero-order valence-electron chi connectivity index (χ0n) is 11.4. The number of aliphatic hydroxyl groups is 2. The highest BCUT2D eigenvalue weighted by atomic mass is 16.3. The summed E-state index contributed by atoms with van der Waals surface area (Å²) < 4.78 is 0. The Morgan fingerprint density at radius 3 is 2.47 bits per heavy atom. The van der Waals surface area contributed by atoms with Crippen LogP contribution in [0.25, 0.3) is 0 Å². The van der Waals surface area contributed by atoms with Crippen molar-refractivity contribution in [1.82, 2.24) is 0 Å². The van der Waals surface area contributed by atoms with Crippen LogP contribution in [-0.2, 0) is 0 Å². The van der Waals surface area contributed by atoms with Gasteiger partial charge < -0.3 is 10.2 Å². The van der Waals surface area contributed by atoms with Crippen molar-refractivity contribution in [2.45, 2.75) is 58.5 Å². The van der Waals surface area contributed by atoms with Gasteiger partial charge >= 0.3 is 0 Å². The fraction of sp³-hybridized carbons (Fsp3) is 1.00. The highest BCUT2D eigenvalue weighted by molar-refractivity contribution is 5.18. The molecule has 0 aliphatic heterocycles. The molecule has 1 unspecified atom stereocenters. The lowest BCUT2D eigenvalue weighted by Crippen LogP contribution is -2.51. The van der Waals surface area contributed by atoms with E-state index in [2.05, 4.69) is 13.8 Å². The van der Waals surface area contributed by atoms with Gasteiger partial charge in [-0.2, -0.15) is 0 Å². The summed E-state index contributed by atoms with van der Waals surface area (Å²) in [6.45, 7) is 6.59. The maximum absolute atomic E-state index is 10.5. The largest absolute Gasteiger partial charge is 0.393 e. The van der Waals surface area contributed by atoms with Crippen LogP contribution in [-0.4, -0.2) is 22.4 Å². The molecule has 0 aromatic heterocycles. The molecule has 3 rings (SSSR count). The van der Waals surface area contributed by atoms with Crippen molar-refractivity contribution in [3.63, 3.8) is 0 Å². The summed E-state index contributed by atoms with van der Waals surface area (Å²) >= 11 is 0. The molecule has 0 amide bonds. The molecular formula is C15H26O2. The summed E-state index contributed by atoms with van der Waals surface area (Å²) in [6, 6.07) is 0. The van der Waals surface area contributed by atoms with E-state index >= 15 is 0 Å². The van der Waals surface area contributed by atoms with Crippen molar-refractivity contribution in [1.29, 1.82) is 0 Å². The van der Waals surface area contributed by atoms with Crippen molar-refractivity contribution < 1.29 is 10.2 Å². The van der Waals surface area contributed by atoms with Crippen molar-refractivity contribution in [3.05, 3.63) is 0 Å². The van der Waals surface area contributed by atoms with E-state index < -0.39 is 5.60 Å². The Morgan fingerprint density at radius 1 is 1.18 bits per heavy atom. The predicted molar refractivity (Wildman–Crippen MR) is 67.5 cm³/mol. The van der Waals surface area contributed by atoms with E-state index in [1.54, 1.807) is 0 Å². The van der Waals surface area contributed by atoms with Crippen molar-refractivity contribution >= 4 is 0 Å². The van der Waals surface area contributed by atoms with E-state index in [0.29, 0.717) is 5.41 Å². The van der Waals surface area contributed by atoms with Gasteiger partial charge in [0, 0.05) is 0 Å². The van der Waals surface area contributed by atoms with Crippen LogP contribution in [0.1, 0.15) is 52.9 Å². The monoisotopic (exact) mass is 238 g/mol. The molecule has 0 aromatic carbocycles. The van der Waals surface area contributed by atoms with Gasteiger partial charge in [-0.15, -0.1) is 0 Å². The Morgan fingerprint density at radius 2 is 1.82 bits per heavy atom. The average molecular weight is 238 g/mol. The van der Waals surface area contributed by atoms with E-state index in [-0.39, 0.29) is 17.9 Å². The average Bonchev–Trinajstić information content (AvgIpc) is 2.89. The van der Waals surface area contributed by atoms with Gasteiger partial charge in [-0.3, -0.25) is 0 Å². The zero-order valence-corrected chi connectivity index (χ0v) is 11.4. The first-order valence-corrected chi connectivity index (χ1v) is 7.19. The van der Waals surface area contributed by atoms with Crippen LogP contribution < -0.4 is 0 Å². The molecule has 0 radical (unpaired) electrons. The van der Waals surface area contributed by atoms with Gasteiger partial charge in [0.2, 0.25) is 0 Å². The Kier molecular flexibility index (Phi) is 2.30. The lowest BCUT2D eigenvalue weighted by atomic mass is 9.55.